The van der Waals surface area contributed by atoms with Gasteiger partial charge in [-0.3, -0.25) is 24.0 Å². The van der Waals surface area contributed by atoms with E-state index in [1.165, 1.54) is 0 Å². The first-order chi connectivity index (χ1) is 33.5. The highest BCUT2D eigenvalue weighted by molar-refractivity contribution is 5.75. The Labute approximate surface area is 404 Å². The van der Waals surface area contributed by atoms with Crippen molar-refractivity contribution in [2.75, 3.05) is 33.0 Å². The molecule has 5 heterocycles. The van der Waals surface area contributed by atoms with Crippen LogP contribution in [0.25, 0.3) is 0 Å². The number of hydrogen-bond donors (Lipinski definition) is 17. The van der Waals surface area contributed by atoms with E-state index in [2.05, 4.69) is 26.6 Å². The maximum absolute atomic E-state index is 12.7. The number of nitrogens with one attached hydrogen (secondary N) is 5. The zero-order chi connectivity index (χ0) is 52.8. The summed E-state index contributed by atoms with van der Waals surface area (Å²) in [5, 5.41) is 142. The number of hydrogen-bond acceptors (Lipinski definition) is 26. The fourth-order valence-corrected chi connectivity index (χ4v) is 9.07. The SMILES string of the molecule is CC(=O)N[C@H]1[C@H](O[C@H]2[C@H](O)[C@@H](NC(C)=O)[C@H](O[C@H]3[C@H](O)[C@@H](NC(C)=O)C(O)O[C@@H]3CO)O[C@@H]2CO)O[C@H](CO)[C@@H](O[C@@H]2O[C@H](CO)[C@@H](O[C@@H]3O[C@H](CO)[C@@H](O)[C@H](O)[C@H]3NC(C)=O)[C@H](O)[C@H]2NC(C)=O)[C@@H]1O. The number of aliphatic hydroxyl groups excluding tert-OH is 12. The molecule has 0 aromatic carbocycles. The van der Waals surface area contributed by atoms with Crippen LogP contribution in [0.5, 0.6) is 0 Å². The van der Waals surface area contributed by atoms with Crippen molar-refractivity contribution in [2.24, 2.45) is 0 Å². The van der Waals surface area contributed by atoms with Crippen molar-refractivity contribution in [2.45, 2.75) is 188 Å². The molecule has 25 atom stereocenters. The molecule has 0 spiro atoms. The molecule has 5 aliphatic rings. The summed E-state index contributed by atoms with van der Waals surface area (Å²) in [5.74, 6) is -3.78. The van der Waals surface area contributed by atoms with E-state index >= 15 is 0 Å². The van der Waals surface area contributed by atoms with E-state index in [0.29, 0.717) is 0 Å². The van der Waals surface area contributed by atoms with Crippen molar-refractivity contribution in [3.63, 3.8) is 0 Å². The van der Waals surface area contributed by atoms with Crippen LogP contribution in [0.2, 0.25) is 0 Å². The monoisotopic (exact) mass is 1030 g/mol. The van der Waals surface area contributed by atoms with Crippen molar-refractivity contribution >= 4 is 29.5 Å². The average Bonchev–Trinajstić information content (AvgIpc) is 3.30. The molecule has 0 radical (unpaired) electrons. The Kier molecular flexibility index (Phi) is 21.1. The maximum atomic E-state index is 12.7. The normalized spacial score (nSPS) is 43.9. The quantitative estimate of drug-likeness (QED) is 0.0606. The number of ether oxygens (including phenoxy) is 9. The minimum atomic E-state index is -2.00. The minimum absolute atomic E-state index is 0.688. The van der Waals surface area contributed by atoms with E-state index in [0.717, 1.165) is 34.6 Å². The predicted molar refractivity (Wildman–Crippen MR) is 225 cm³/mol. The van der Waals surface area contributed by atoms with E-state index in [-0.39, 0.29) is 0 Å². The molecule has 5 saturated heterocycles. The van der Waals surface area contributed by atoms with Crippen molar-refractivity contribution in [3.05, 3.63) is 0 Å². The lowest BCUT2D eigenvalue weighted by molar-refractivity contribution is -0.367. The molecule has 408 valence electrons. The molecule has 1 unspecified atom stereocenters. The summed E-state index contributed by atoms with van der Waals surface area (Å²) in [7, 11) is 0. The van der Waals surface area contributed by atoms with Gasteiger partial charge in [-0.25, -0.2) is 0 Å². The van der Waals surface area contributed by atoms with E-state index in [1.807, 2.05) is 0 Å². The molecule has 31 heteroatoms. The number of rotatable bonds is 18. The molecule has 5 fully saturated rings. The molecule has 5 amide bonds. The topological polar surface area (TPSA) is 471 Å². The Hall–Kier alpha value is -3.49. The molecule has 0 aliphatic carbocycles. The lowest BCUT2D eigenvalue weighted by Crippen LogP contribution is -2.72. The van der Waals surface area contributed by atoms with E-state index in [1.54, 1.807) is 0 Å². The molecule has 0 aromatic rings. The number of carbonyl (C=O) groups is 5. The molecule has 0 saturated carbocycles. The Morgan fingerprint density at radius 1 is 0.338 bits per heavy atom. The van der Waals surface area contributed by atoms with Crippen LogP contribution >= 0.6 is 0 Å². The van der Waals surface area contributed by atoms with Gasteiger partial charge in [-0.1, -0.05) is 0 Å². The molecule has 5 rings (SSSR count). The summed E-state index contributed by atoms with van der Waals surface area (Å²) in [6.45, 7) is 0.679. The fraction of sp³-hybridized carbons (Fsp3) is 0.875. The number of aliphatic hydroxyl groups is 12. The van der Waals surface area contributed by atoms with Gasteiger partial charge >= 0.3 is 0 Å². The molecule has 17 N–H and O–H groups in total. The molecule has 31 nitrogen and oxygen atoms in total. The van der Waals surface area contributed by atoms with E-state index < -0.39 is 216 Å². The third-order valence-corrected chi connectivity index (χ3v) is 12.3. The highest BCUT2D eigenvalue weighted by atomic mass is 16.8. The second kappa shape index (κ2) is 25.6. The van der Waals surface area contributed by atoms with Gasteiger partial charge in [0.1, 0.15) is 122 Å². The lowest BCUT2D eigenvalue weighted by Gasteiger charge is -2.51. The Morgan fingerprint density at radius 2 is 0.563 bits per heavy atom. The lowest BCUT2D eigenvalue weighted by atomic mass is 9.93. The van der Waals surface area contributed by atoms with Gasteiger partial charge in [-0.2, -0.15) is 0 Å². The van der Waals surface area contributed by atoms with Gasteiger partial charge in [0.05, 0.1) is 33.0 Å². The maximum Gasteiger partial charge on any atom is 0.217 e. The Bertz CT molecular complexity index is 1790. The van der Waals surface area contributed by atoms with Crippen molar-refractivity contribution in [1.29, 1.82) is 0 Å². The summed E-state index contributed by atoms with van der Waals surface area (Å²) >= 11 is 0. The minimum Gasteiger partial charge on any atom is -0.394 e. The van der Waals surface area contributed by atoms with Crippen molar-refractivity contribution < 1.29 is 128 Å². The highest BCUT2D eigenvalue weighted by Crippen LogP contribution is 2.36. The van der Waals surface area contributed by atoms with Crippen LogP contribution in [0.3, 0.4) is 0 Å². The largest absolute Gasteiger partial charge is 0.394 e. The first kappa shape index (κ1) is 58.4. The molecule has 0 aromatic heterocycles. The molecule has 0 bridgehead atoms. The second-order valence-electron chi connectivity index (χ2n) is 17.6. The van der Waals surface area contributed by atoms with Crippen molar-refractivity contribution in [3.8, 4) is 0 Å². The molecular weight excluding hydrogens is 966 g/mol. The van der Waals surface area contributed by atoms with Crippen LogP contribution in [0.1, 0.15) is 34.6 Å². The van der Waals surface area contributed by atoms with Crippen molar-refractivity contribution in [1.82, 2.24) is 26.6 Å². The summed E-state index contributed by atoms with van der Waals surface area (Å²) in [5.41, 5.74) is 0. The van der Waals surface area contributed by atoms with Crippen LogP contribution in [0.15, 0.2) is 0 Å². The zero-order valence-corrected chi connectivity index (χ0v) is 39.1. The first-order valence-electron chi connectivity index (χ1n) is 22.6. The molecular formula is C40H67N5O26. The summed E-state index contributed by atoms with van der Waals surface area (Å²) in [6, 6.07) is -8.07. The standard InChI is InChI=1S/C40H67N5O26/c1-11(51)41-21-28(58)32(17(7-47)63-36(21)62)68-38-23(43-13(3)53)30(60)34(19(9-49)65-38)70-40-25(45-15(5)55)31(61)35(20(10-50)67-40)71-39-24(44-14(4)54)29(59)33(18(8-48)66-39)69-37-22(42-12(2)52)27(57)26(56)16(6-46)64-37/h16-40,46-50,56-62H,6-10H2,1-5H3,(H,41,51)(H,42,52)(H,43,53)(H,44,54)(H,45,55)/t16-,17-,18-,19-,20-,21-,22-,23-,24-,25-,26-,27-,28-,29-,30-,31-,32-,33-,34-,35-,36?,37+,38+,39+,40+/m1/s1. The van der Waals surface area contributed by atoms with Gasteiger partial charge in [0, 0.05) is 34.6 Å². The van der Waals surface area contributed by atoms with Gasteiger partial charge in [0.2, 0.25) is 29.5 Å². The second-order valence-corrected chi connectivity index (χ2v) is 17.6. The third-order valence-electron chi connectivity index (χ3n) is 12.3. The average molecular weight is 1030 g/mol. The summed E-state index contributed by atoms with van der Waals surface area (Å²) in [4.78, 5) is 61.6. The number of amides is 5. The Morgan fingerprint density at radius 3 is 0.831 bits per heavy atom. The third kappa shape index (κ3) is 13.6. The van der Waals surface area contributed by atoms with Gasteiger partial charge in [0.15, 0.2) is 31.5 Å². The summed E-state index contributed by atoms with van der Waals surface area (Å²) < 4.78 is 52.9. The van der Waals surface area contributed by atoms with Gasteiger partial charge in [-0.05, 0) is 0 Å². The predicted octanol–water partition coefficient (Wildman–Crippen LogP) is -11.2. The van der Waals surface area contributed by atoms with Crippen LogP contribution in [0.4, 0.5) is 0 Å². The molecule has 5 aliphatic heterocycles. The first-order valence-corrected chi connectivity index (χ1v) is 22.6. The van der Waals surface area contributed by atoms with Crippen LogP contribution < -0.4 is 26.6 Å². The van der Waals surface area contributed by atoms with Gasteiger partial charge in [-0.15, -0.1) is 0 Å². The summed E-state index contributed by atoms with van der Waals surface area (Å²) in [6.07, 6.45) is -35.1. The van der Waals surface area contributed by atoms with Gasteiger partial charge < -0.3 is 130 Å². The van der Waals surface area contributed by atoms with E-state index in [4.69, 9.17) is 42.6 Å². The highest BCUT2D eigenvalue weighted by Gasteiger charge is 2.57. The fourth-order valence-electron chi connectivity index (χ4n) is 9.07. The van der Waals surface area contributed by atoms with Gasteiger partial charge in [0.25, 0.3) is 0 Å². The Balaban J connectivity index is 1.39. The van der Waals surface area contributed by atoms with E-state index in [9.17, 15) is 85.3 Å². The zero-order valence-electron chi connectivity index (χ0n) is 39.1. The smallest absolute Gasteiger partial charge is 0.217 e. The van der Waals surface area contributed by atoms with Crippen LogP contribution in [-0.2, 0) is 66.6 Å². The van der Waals surface area contributed by atoms with Crippen LogP contribution in [-0.4, -0.2) is 277 Å². The van der Waals surface area contributed by atoms with Crippen LogP contribution in [0, 0.1) is 0 Å². The number of carbonyl (C=O) groups excluding carboxylic acids is 5. The molecule has 71 heavy (non-hydrogen) atoms.